The lowest BCUT2D eigenvalue weighted by Crippen LogP contribution is -2.25. The van der Waals surface area contributed by atoms with Gasteiger partial charge in [-0.15, -0.1) is 0 Å². The van der Waals surface area contributed by atoms with E-state index in [9.17, 15) is 26.7 Å². The van der Waals surface area contributed by atoms with Crippen molar-refractivity contribution in [1.82, 2.24) is 0 Å². The van der Waals surface area contributed by atoms with E-state index in [0.29, 0.717) is 12.1 Å². The maximum atomic E-state index is 13.4. The Balaban J connectivity index is 3.17. The van der Waals surface area contributed by atoms with Gasteiger partial charge in [-0.1, -0.05) is 20.8 Å². The summed E-state index contributed by atoms with van der Waals surface area (Å²) in [6, 6.07) is 2.08. The molecule has 2 nitrogen and oxygen atoms in total. The molecule has 0 heterocycles. The summed E-state index contributed by atoms with van der Waals surface area (Å²) in [5.41, 5.74) is -2.99. The molecule has 0 bridgehead atoms. The fourth-order valence-corrected chi connectivity index (χ4v) is 1.27. The van der Waals surface area contributed by atoms with E-state index in [1.807, 2.05) is 0 Å². The molecular formula is C14H14F5NO. The van der Waals surface area contributed by atoms with Gasteiger partial charge in [0.1, 0.15) is 17.3 Å². The minimum absolute atomic E-state index is 0.378. The molecule has 0 aliphatic carbocycles. The predicted octanol–water partition coefficient (Wildman–Crippen LogP) is 4.44. The first kappa shape index (κ1) is 17.1. The SMILES string of the molecule is CC(C)(C)C(=O)/C=C(/Nc1ccc(F)cc1F)C(F)(F)F. The topological polar surface area (TPSA) is 29.1 Å². The van der Waals surface area contributed by atoms with Crippen molar-refractivity contribution in [2.24, 2.45) is 5.41 Å². The Morgan fingerprint density at radius 3 is 2.14 bits per heavy atom. The third kappa shape index (κ3) is 4.84. The monoisotopic (exact) mass is 307 g/mol. The van der Waals surface area contributed by atoms with E-state index >= 15 is 0 Å². The van der Waals surface area contributed by atoms with E-state index in [2.05, 4.69) is 0 Å². The van der Waals surface area contributed by atoms with Gasteiger partial charge in [0.05, 0.1) is 5.69 Å². The number of alkyl halides is 3. The van der Waals surface area contributed by atoms with Gasteiger partial charge in [0, 0.05) is 17.6 Å². The van der Waals surface area contributed by atoms with Crippen molar-refractivity contribution in [3.05, 3.63) is 41.6 Å². The van der Waals surface area contributed by atoms with Crippen LogP contribution < -0.4 is 5.32 Å². The number of hydrogen-bond donors (Lipinski definition) is 1. The molecule has 1 rings (SSSR count). The number of anilines is 1. The number of ketones is 1. The van der Waals surface area contributed by atoms with E-state index < -0.39 is 40.4 Å². The predicted molar refractivity (Wildman–Crippen MR) is 68.6 cm³/mol. The van der Waals surface area contributed by atoms with Gasteiger partial charge in [-0.2, -0.15) is 13.2 Å². The zero-order valence-corrected chi connectivity index (χ0v) is 11.6. The number of carbonyl (C=O) groups is 1. The summed E-state index contributed by atoms with van der Waals surface area (Å²) in [5, 5.41) is 1.79. The van der Waals surface area contributed by atoms with Crippen LogP contribution in [0.2, 0.25) is 0 Å². The highest BCUT2D eigenvalue weighted by Crippen LogP contribution is 2.29. The molecule has 0 radical (unpaired) electrons. The van der Waals surface area contributed by atoms with Crippen LogP contribution in [0.5, 0.6) is 0 Å². The fraction of sp³-hybridized carbons (Fsp3) is 0.357. The van der Waals surface area contributed by atoms with Gasteiger partial charge in [0.25, 0.3) is 0 Å². The average molecular weight is 307 g/mol. The van der Waals surface area contributed by atoms with Gasteiger partial charge in [-0.25, -0.2) is 8.78 Å². The second kappa shape index (κ2) is 5.83. The molecule has 0 amide bonds. The highest BCUT2D eigenvalue weighted by molar-refractivity contribution is 5.95. The number of nitrogens with one attached hydrogen (secondary N) is 1. The van der Waals surface area contributed by atoms with E-state index in [1.54, 1.807) is 5.32 Å². The summed E-state index contributed by atoms with van der Waals surface area (Å²) in [4.78, 5) is 11.7. The van der Waals surface area contributed by atoms with Gasteiger partial charge in [-0.05, 0) is 12.1 Å². The standard InChI is InChI=1S/C14H14F5NO/c1-13(2,3)12(21)7-11(14(17,18)19)20-10-5-4-8(15)6-9(10)16/h4-7,20H,1-3H3/b11-7+. The molecule has 116 valence electrons. The molecule has 1 aromatic rings. The summed E-state index contributed by atoms with van der Waals surface area (Å²) in [6.07, 6.45) is -4.50. The Labute approximate surface area is 118 Å². The normalized spacial score (nSPS) is 13.2. The van der Waals surface area contributed by atoms with Gasteiger partial charge in [0.15, 0.2) is 5.78 Å². The lowest BCUT2D eigenvalue weighted by atomic mass is 9.90. The van der Waals surface area contributed by atoms with Crippen molar-refractivity contribution in [3.8, 4) is 0 Å². The Kier molecular flexibility index (Phi) is 4.76. The summed E-state index contributed by atoms with van der Waals surface area (Å²) in [7, 11) is 0. The number of carbonyl (C=O) groups excluding carboxylic acids is 1. The van der Waals surface area contributed by atoms with E-state index in [1.165, 1.54) is 20.8 Å². The van der Waals surface area contributed by atoms with Gasteiger partial charge < -0.3 is 5.32 Å². The molecule has 1 aromatic carbocycles. The largest absolute Gasteiger partial charge is 0.431 e. The average Bonchev–Trinajstić information content (AvgIpc) is 2.28. The number of halogens is 5. The maximum absolute atomic E-state index is 13.4. The van der Waals surface area contributed by atoms with Crippen LogP contribution in [-0.2, 0) is 4.79 Å². The van der Waals surface area contributed by atoms with Crippen LogP contribution in [0.25, 0.3) is 0 Å². The van der Waals surface area contributed by atoms with E-state index in [4.69, 9.17) is 0 Å². The molecule has 7 heteroatoms. The highest BCUT2D eigenvalue weighted by atomic mass is 19.4. The molecule has 0 atom stereocenters. The Morgan fingerprint density at radius 2 is 1.71 bits per heavy atom. The summed E-state index contributed by atoms with van der Waals surface area (Å²) in [6.45, 7) is 4.37. The van der Waals surface area contributed by atoms with Crippen LogP contribution in [-0.4, -0.2) is 12.0 Å². The smallest absolute Gasteiger partial charge is 0.349 e. The third-order valence-electron chi connectivity index (χ3n) is 2.52. The van der Waals surface area contributed by atoms with Crippen molar-refractivity contribution in [1.29, 1.82) is 0 Å². The second-order valence-electron chi connectivity index (χ2n) is 5.42. The zero-order chi connectivity index (χ0) is 16.4. The highest BCUT2D eigenvalue weighted by Gasteiger charge is 2.36. The molecule has 0 aromatic heterocycles. The molecular weight excluding hydrogens is 293 g/mol. The Morgan fingerprint density at radius 1 is 1.14 bits per heavy atom. The van der Waals surface area contributed by atoms with Crippen molar-refractivity contribution >= 4 is 11.5 Å². The van der Waals surface area contributed by atoms with Crippen molar-refractivity contribution in [3.63, 3.8) is 0 Å². The van der Waals surface area contributed by atoms with Gasteiger partial charge in [-0.3, -0.25) is 4.79 Å². The molecule has 0 unspecified atom stereocenters. The van der Waals surface area contributed by atoms with Gasteiger partial charge >= 0.3 is 6.18 Å². The molecule has 1 N–H and O–H groups in total. The molecule has 21 heavy (non-hydrogen) atoms. The minimum atomic E-state index is -4.87. The Bertz CT molecular complexity index is 570. The molecule has 0 saturated heterocycles. The number of rotatable bonds is 3. The lowest BCUT2D eigenvalue weighted by molar-refractivity contribution is -0.122. The van der Waals surface area contributed by atoms with E-state index in [0.717, 1.165) is 12.1 Å². The van der Waals surface area contributed by atoms with Crippen LogP contribution >= 0.6 is 0 Å². The quantitative estimate of drug-likeness (QED) is 0.661. The third-order valence-corrected chi connectivity index (χ3v) is 2.52. The molecule has 0 spiro atoms. The molecule has 0 saturated carbocycles. The summed E-state index contributed by atoms with van der Waals surface area (Å²) in [5.74, 6) is -2.88. The first-order valence-corrected chi connectivity index (χ1v) is 5.96. The fourth-order valence-electron chi connectivity index (χ4n) is 1.27. The van der Waals surface area contributed by atoms with E-state index in [-0.39, 0.29) is 0 Å². The molecule has 0 aliphatic heterocycles. The first-order chi connectivity index (χ1) is 9.41. The zero-order valence-electron chi connectivity index (χ0n) is 11.6. The summed E-state index contributed by atoms with van der Waals surface area (Å²) < 4.78 is 64.8. The lowest BCUT2D eigenvalue weighted by Gasteiger charge is -2.18. The minimum Gasteiger partial charge on any atom is -0.349 e. The second-order valence-corrected chi connectivity index (χ2v) is 5.42. The van der Waals surface area contributed by atoms with Crippen LogP contribution in [0.1, 0.15) is 20.8 Å². The maximum Gasteiger partial charge on any atom is 0.431 e. The van der Waals surface area contributed by atoms with Crippen LogP contribution in [0.15, 0.2) is 30.0 Å². The summed E-state index contributed by atoms with van der Waals surface area (Å²) >= 11 is 0. The number of benzene rings is 1. The van der Waals surface area contributed by atoms with Crippen LogP contribution in [0, 0.1) is 17.0 Å². The Hall–Kier alpha value is -1.92. The van der Waals surface area contributed by atoms with Crippen LogP contribution in [0.3, 0.4) is 0 Å². The molecule has 0 aliphatic rings. The number of allylic oxidation sites excluding steroid dienone is 2. The van der Waals surface area contributed by atoms with Gasteiger partial charge in [0.2, 0.25) is 0 Å². The number of hydrogen-bond acceptors (Lipinski definition) is 2. The molecule has 0 fully saturated rings. The van der Waals surface area contributed by atoms with Crippen molar-refractivity contribution in [2.45, 2.75) is 26.9 Å². The van der Waals surface area contributed by atoms with Crippen molar-refractivity contribution < 1.29 is 26.7 Å². The van der Waals surface area contributed by atoms with Crippen LogP contribution in [0.4, 0.5) is 27.6 Å². The first-order valence-electron chi connectivity index (χ1n) is 5.96. The van der Waals surface area contributed by atoms with Crippen molar-refractivity contribution in [2.75, 3.05) is 5.32 Å².